The van der Waals surface area contributed by atoms with Crippen molar-refractivity contribution in [3.8, 4) is 34.3 Å². The molecule has 0 unspecified atom stereocenters. The summed E-state index contributed by atoms with van der Waals surface area (Å²) in [6.45, 7) is 3.32. The molecule has 7 heteroatoms. The Morgan fingerprint density at radius 1 is 1.00 bits per heavy atom. The third-order valence-electron chi connectivity index (χ3n) is 7.00. The van der Waals surface area contributed by atoms with Gasteiger partial charge in [0, 0.05) is 18.9 Å². The molecule has 3 heterocycles. The zero-order valence-electron chi connectivity index (χ0n) is 21.1. The Bertz CT molecular complexity index is 1240. The molecule has 0 N–H and O–H groups in total. The molecule has 36 heavy (non-hydrogen) atoms. The Kier molecular flexibility index (Phi) is 8.57. The summed E-state index contributed by atoms with van der Waals surface area (Å²) in [5.74, 6) is 2.48. The largest absolute Gasteiger partial charge is 1.00 e. The average Bonchev–Trinajstić information content (AvgIpc) is 3.33. The Balaban J connectivity index is 0.00000304. The molecular formula is C29H34ClNO5. The molecule has 3 aromatic rings. The van der Waals surface area contributed by atoms with Gasteiger partial charge in [0.2, 0.25) is 12.5 Å². The van der Waals surface area contributed by atoms with E-state index in [0.29, 0.717) is 17.9 Å². The average molecular weight is 512 g/mol. The number of halogens is 1. The molecule has 6 nitrogen and oxygen atoms in total. The van der Waals surface area contributed by atoms with Crippen molar-refractivity contribution in [1.29, 1.82) is 0 Å². The van der Waals surface area contributed by atoms with E-state index in [9.17, 15) is 4.79 Å². The van der Waals surface area contributed by atoms with Crippen LogP contribution in [0.25, 0.3) is 22.0 Å². The SMILES string of the molecule is CCCCCCCCCC(=O)Oc1c(OC)ccc2cc3[n+](cc12)CCc1cc2c(cc1-3)OCO2.[Cl-]. The highest BCUT2D eigenvalue weighted by Gasteiger charge is 2.29. The van der Waals surface area contributed by atoms with Gasteiger partial charge in [-0.1, -0.05) is 45.4 Å². The maximum absolute atomic E-state index is 12.7. The number of carbonyl (C=O) groups excluding carboxylic acids is 1. The lowest BCUT2D eigenvalue weighted by molar-refractivity contribution is -0.686. The molecule has 0 radical (unpaired) electrons. The van der Waals surface area contributed by atoms with E-state index in [2.05, 4.69) is 35.9 Å². The van der Waals surface area contributed by atoms with Crippen LogP contribution in [0, 0.1) is 0 Å². The number of esters is 1. The second-order valence-electron chi connectivity index (χ2n) is 9.41. The monoisotopic (exact) mass is 511 g/mol. The highest BCUT2D eigenvalue weighted by atomic mass is 35.5. The molecule has 0 saturated heterocycles. The van der Waals surface area contributed by atoms with Crippen LogP contribution in [-0.2, 0) is 17.8 Å². The highest BCUT2D eigenvalue weighted by molar-refractivity contribution is 5.93. The molecule has 5 rings (SSSR count). The molecule has 0 atom stereocenters. The van der Waals surface area contributed by atoms with E-state index < -0.39 is 0 Å². The van der Waals surface area contributed by atoms with Gasteiger partial charge in [0.05, 0.1) is 18.1 Å². The van der Waals surface area contributed by atoms with Gasteiger partial charge >= 0.3 is 5.97 Å². The maximum Gasteiger partial charge on any atom is 0.311 e. The lowest BCUT2D eigenvalue weighted by atomic mass is 9.95. The van der Waals surface area contributed by atoms with Crippen LogP contribution in [0.3, 0.4) is 0 Å². The zero-order chi connectivity index (χ0) is 24.2. The van der Waals surface area contributed by atoms with Crippen molar-refractivity contribution < 1.29 is 40.7 Å². The summed E-state index contributed by atoms with van der Waals surface area (Å²) >= 11 is 0. The first-order chi connectivity index (χ1) is 17.2. The molecule has 0 saturated carbocycles. The van der Waals surface area contributed by atoms with Crippen LogP contribution in [0.1, 0.15) is 63.9 Å². The van der Waals surface area contributed by atoms with E-state index in [1.165, 1.54) is 37.7 Å². The summed E-state index contributed by atoms with van der Waals surface area (Å²) in [6, 6.07) is 10.2. The zero-order valence-corrected chi connectivity index (χ0v) is 21.9. The fraction of sp³-hybridized carbons (Fsp3) is 0.448. The summed E-state index contributed by atoms with van der Waals surface area (Å²) in [7, 11) is 1.61. The normalized spacial score (nSPS) is 13.1. The molecule has 0 bridgehead atoms. The summed E-state index contributed by atoms with van der Waals surface area (Å²) in [4.78, 5) is 12.7. The van der Waals surface area contributed by atoms with E-state index in [1.807, 2.05) is 12.1 Å². The van der Waals surface area contributed by atoms with Crippen LogP contribution >= 0.6 is 0 Å². The molecule has 2 aliphatic rings. The van der Waals surface area contributed by atoms with E-state index in [-0.39, 0.29) is 25.2 Å². The number of benzene rings is 2. The van der Waals surface area contributed by atoms with Crippen molar-refractivity contribution in [2.24, 2.45) is 0 Å². The van der Waals surface area contributed by atoms with Gasteiger partial charge in [-0.25, -0.2) is 0 Å². The molecule has 1 aromatic heterocycles. The van der Waals surface area contributed by atoms with Crippen LogP contribution < -0.4 is 35.9 Å². The highest BCUT2D eigenvalue weighted by Crippen LogP contribution is 2.41. The number of nitrogens with zero attached hydrogens (tertiary/aromatic N) is 1. The lowest BCUT2D eigenvalue weighted by Crippen LogP contribution is -3.00. The molecule has 2 aromatic carbocycles. The number of hydrogen-bond donors (Lipinski definition) is 0. The number of methoxy groups -OCH3 is 1. The Morgan fingerprint density at radius 2 is 1.75 bits per heavy atom. The minimum Gasteiger partial charge on any atom is -1.00 e. The molecular weight excluding hydrogens is 478 g/mol. The lowest BCUT2D eigenvalue weighted by Gasteiger charge is -2.17. The van der Waals surface area contributed by atoms with Crippen LogP contribution in [0.2, 0.25) is 0 Å². The fourth-order valence-electron chi connectivity index (χ4n) is 5.05. The van der Waals surface area contributed by atoms with Crippen molar-refractivity contribution in [3.63, 3.8) is 0 Å². The maximum atomic E-state index is 12.7. The van der Waals surface area contributed by atoms with Crippen molar-refractivity contribution in [1.82, 2.24) is 0 Å². The van der Waals surface area contributed by atoms with Crippen LogP contribution in [0.5, 0.6) is 23.0 Å². The summed E-state index contributed by atoms with van der Waals surface area (Å²) in [5, 5.41) is 1.88. The fourth-order valence-corrected chi connectivity index (χ4v) is 5.05. The van der Waals surface area contributed by atoms with Crippen LogP contribution in [0.4, 0.5) is 0 Å². The standard InChI is InChI=1S/C29H34NO5.ClH/c1-3-4-5-6-7-8-9-10-28(31)35-29-23-18-30-14-13-21-16-26-27(34-19-33-26)17-22(21)24(30)15-20(23)11-12-25(29)32-2;/h11-12,15-18H,3-10,13-14,19H2,1-2H3;1H/q+1;/p-1. The molecule has 0 spiro atoms. The third kappa shape index (κ3) is 5.39. The first-order valence-electron chi connectivity index (χ1n) is 12.9. The van der Waals surface area contributed by atoms with Gasteiger partial charge in [-0.3, -0.25) is 4.79 Å². The van der Waals surface area contributed by atoms with Gasteiger partial charge in [-0.05, 0) is 41.6 Å². The number of unbranched alkanes of at least 4 members (excludes halogenated alkanes) is 6. The predicted octanol–water partition coefficient (Wildman–Crippen LogP) is 3.14. The number of ether oxygens (including phenoxy) is 4. The Hall–Kier alpha value is -2.99. The number of fused-ring (bicyclic) bond motifs is 5. The number of pyridine rings is 1. The number of rotatable bonds is 10. The summed E-state index contributed by atoms with van der Waals surface area (Å²) in [5.41, 5.74) is 3.52. The first kappa shape index (κ1) is 26.1. The molecule has 2 aliphatic heterocycles. The number of aryl methyl sites for hydroxylation is 2. The van der Waals surface area contributed by atoms with Gasteiger partial charge in [-0.15, -0.1) is 0 Å². The first-order valence-corrected chi connectivity index (χ1v) is 12.9. The smallest absolute Gasteiger partial charge is 0.311 e. The van der Waals surface area contributed by atoms with Crippen molar-refractivity contribution in [3.05, 3.63) is 42.1 Å². The molecule has 0 aliphatic carbocycles. The van der Waals surface area contributed by atoms with Crippen molar-refractivity contribution >= 4 is 16.7 Å². The quantitative estimate of drug-likeness (QED) is 0.181. The van der Waals surface area contributed by atoms with Gasteiger partial charge in [0.25, 0.3) is 0 Å². The van der Waals surface area contributed by atoms with E-state index >= 15 is 0 Å². The van der Waals surface area contributed by atoms with Gasteiger partial charge in [0.1, 0.15) is 0 Å². The third-order valence-corrected chi connectivity index (χ3v) is 7.00. The second kappa shape index (κ2) is 11.8. The van der Waals surface area contributed by atoms with E-state index in [0.717, 1.165) is 59.3 Å². The van der Waals surface area contributed by atoms with Gasteiger partial charge in [0.15, 0.2) is 35.7 Å². The Morgan fingerprint density at radius 3 is 2.53 bits per heavy atom. The minimum atomic E-state index is -0.204. The molecule has 0 amide bonds. The van der Waals surface area contributed by atoms with E-state index in [4.69, 9.17) is 18.9 Å². The van der Waals surface area contributed by atoms with Crippen molar-refractivity contribution in [2.75, 3.05) is 13.9 Å². The van der Waals surface area contributed by atoms with Crippen LogP contribution in [0.15, 0.2) is 36.5 Å². The van der Waals surface area contributed by atoms with Crippen LogP contribution in [-0.4, -0.2) is 19.9 Å². The number of carbonyl (C=O) groups is 1. The minimum absolute atomic E-state index is 0. The topological polar surface area (TPSA) is 57.9 Å². The number of hydrogen-bond acceptors (Lipinski definition) is 5. The predicted molar refractivity (Wildman–Crippen MR) is 134 cm³/mol. The van der Waals surface area contributed by atoms with Gasteiger partial charge < -0.3 is 31.4 Å². The van der Waals surface area contributed by atoms with Gasteiger partial charge in [-0.2, -0.15) is 4.57 Å². The number of aromatic nitrogens is 1. The summed E-state index contributed by atoms with van der Waals surface area (Å²) in [6.07, 6.45) is 11.6. The molecule has 0 fully saturated rings. The second-order valence-corrected chi connectivity index (χ2v) is 9.41. The summed E-state index contributed by atoms with van der Waals surface area (Å²) < 4.78 is 24.9. The van der Waals surface area contributed by atoms with Crippen molar-refractivity contribution in [2.45, 2.75) is 71.3 Å². The van der Waals surface area contributed by atoms with E-state index in [1.54, 1.807) is 7.11 Å². The Labute approximate surface area is 218 Å². The molecule has 192 valence electrons.